The summed E-state index contributed by atoms with van der Waals surface area (Å²) in [7, 11) is 0. The summed E-state index contributed by atoms with van der Waals surface area (Å²) >= 11 is 0. The van der Waals surface area contributed by atoms with E-state index in [0.29, 0.717) is 11.3 Å². The van der Waals surface area contributed by atoms with Gasteiger partial charge in [0, 0.05) is 11.6 Å². The summed E-state index contributed by atoms with van der Waals surface area (Å²) in [5, 5.41) is 2.56. The highest BCUT2D eigenvalue weighted by molar-refractivity contribution is 6.04. The van der Waals surface area contributed by atoms with Crippen LogP contribution in [0.15, 0.2) is 60.7 Å². The molecule has 0 aliphatic heterocycles. The molecule has 0 saturated heterocycles. The van der Waals surface area contributed by atoms with Gasteiger partial charge in [-0.1, -0.05) is 42.5 Å². The van der Waals surface area contributed by atoms with Gasteiger partial charge in [0.25, 0.3) is 5.91 Å². The Kier molecular flexibility index (Phi) is 6.02. The minimum absolute atomic E-state index is 0.159. The number of esters is 1. The van der Waals surface area contributed by atoms with Crippen molar-refractivity contribution >= 4 is 29.4 Å². The van der Waals surface area contributed by atoms with Gasteiger partial charge in [0.1, 0.15) is 0 Å². The second-order valence-corrected chi connectivity index (χ2v) is 5.00. The van der Waals surface area contributed by atoms with Crippen LogP contribution in [0.3, 0.4) is 0 Å². The number of benzene rings is 2. The first-order valence-electron chi connectivity index (χ1n) is 7.36. The molecule has 2 aromatic rings. The molecule has 0 atom stereocenters. The van der Waals surface area contributed by atoms with Gasteiger partial charge in [-0.05, 0) is 30.7 Å². The number of hydrogen-bond donors (Lipinski definition) is 1. The second-order valence-electron chi connectivity index (χ2n) is 5.00. The molecule has 2 aromatic carbocycles. The Hall–Kier alpha value is -3.21. The normalized spacial score (nSPS) is 10.4. The summed E-state index contributed by atoms with van der Waals surface area (Å²) in [5.41, 5.74) is 1.65. The highest BCUT2D eigenvalue weighted by atomic mass is 16.5. The lowest BCUT2D eigenvalue weighted by atomic mass is 10.1. The zero-order valence-corrected chi connectivity index (χ0v) is 13.2. The number of carbonyl (C=O) groups excluding carboxylic acids is 3. The lowest BCUT2D eigenvalue weighted by Gasteiger charge is -2.08. The summed E-state index contributed by atoms with van der Waals surface area (Å²) in [4.78, 5) is 34.9. The van der Waals surface area contributed by atoms with Crippen LogP contribution in [0.1, 0.15) is 22.8 Å². The number of ether oxygens (including phenoxy) is 1. The summed E-state index contributed by atoms with van der Waals surface area (Å²) in [6, 6.07) is 15.9. The largest absolute Gasteiger partial charge is 0.452 e. The number of rotatable bonds is 6. The Morgan fingerprint density at radius 3 is 2.38 bits per heavy atom. The van der Waals surface area contributed by atoms with Crippen LogP contribution < -0.4 is 5.32 Å². The number of nitrogens with one attached hydrogen (secondary N) is 1. The number of para-hydroxylation sites is 1. The average Bonchev–Trinajstić information content (AvgIpc) is 2.59. The molecule has 0 fully saturated rings. The van der Waals surface area contributed by atoms with E-state index in [2.05, 4.69) is 5.32 Å². The summed E-state index contributed by atoms with van der Waals surface area (Å²) in [5.74, 6) is -1.28. The van der Waals surface area contributed by atoms with E-state index >= 15 is 0 Å². The van der Waals surface area contributed by atoms with Crippen molar-refractivity contribution in [2.24, 2.45) is 0 Å². The van der Waals surface area contributed by atoms with Gasteiger partial charge in [0.15, 0.2) is 12.4 Å². The number of ketones is 1. The van der Waals surface area contributed by atoms with E-state index in [0.717, 1.165) is 5.56 Å². The molecule has 0 aliphatic carbocycles. The third-order valence-electron chi connectivity index (χ3n) is 3.14. The minimum atomic E-state index is -0.617. The standard InChI is InChI=1S/C19H17NO4/c1-14(21)16-9-5-6-10-17(16)20-18(22)13-24-19(23)12-11-15-7-3-2-4-8-15/h2-12H,13H2,1H3,(H,20,22)/b12-11+. The Bertz CT molecular complexity index is 766. The summed E-state index contributed by atoms with van der Waals surface area (Å²) in [6.07, 6.45) is 2.86. The lowest BCUT2D eigenvalue weighted by molar-refractivity contribution is -0.142. The van der Waals surface area contributed by atoms with Crippen LogP contribution >= 0.6 is 0 Å². The third-order valence-corrected chi connectivity index (χ3v) is 3.14. The first kappa shape index (κ1) is 17.1. The molecule has 5 nitrogen and oxygen atoms in total. The zero-order valence-electron chi connectivity index (χ0n) is 13.2. The molecule has 2 rings (SSSR count). The first-order valence-corrected chi connectivity index (χ1v) is 7.36. The fourth-order valence-corrected chi connectivity index (χ4v) is 2.00. The quantitative estimate of drug-likeness (QED) is 0.504. The van der Waals surface area contributed by atoms with Crippen molar-refractivity contribution in [3.05, 3.63) is 71.8 Å². The van der Waals surface area contributed by atoms with E-state index in [-0.39, 0.29) is 5.78 Å². The lowest BCUT2D eigenvalue weighted by Crippen LogP contribution is -2.21. The highest BCUT2D eigenvalue weighted by Crippen LogP contribution is 2.15. The monoisotopic (exact) mass is 323 g/mol. The SMILES string of the molecule is CC(=O)c1ccccc1NC(=O)COC(=O)/C=C/c1ccccc1. The summed E-state index contributed by atoms with van der Waals surface area (Å²) < 4.78 is 4.88. The molecule has 0 bridgehead atoms. The molecule has 5 heteroatoms. The maximum atomic E-state index is 11.8. The number of anilines is 1. The molecular weight excluding hydrogens is 306 g/mol. The second kappa shape index (κ2) is 8.43. The van der Waals surface area contributed by atoms with Gasteiger partial charge >= 0.3 is 5.97 Å². The Morgan fingerprint density at radius 2 is 1.67 bits per heavy atom. The van der Waals surface area contributed by atoms with Crippen molar-refractivity contribution in [2.75, 3.05) is 11.9 Å². The van der Waals surface area contributed by atoms with Gasteiger partial charge in [0.05, 0.1) is 5.69 Å². The van der Waals surface area contributed by atoms with E-state index < -0.39 is 18.5 Å². The molecule has 1 N–H and O–H groups in total. The molecule has 0 aromatic heterocycles. The fourth-order valence-electron chi connectivity index (χ4n) is 2.00. The zero-order chi connectivity index (χ0) is 17.4. The molecule has 0 unspecified atom stereocenters. The van der Waals surface area contributed by atoms with Crippen molar-refractivity contribution in [3.63, 3.8) is 0 Å². The molecule has 0 saturated carbocycles. The van der Waals surface area contributed by atoms with Crippen LogP contribution in [0.25, 0.3) is 6.08 Å². The van der Waals surface area contributed by atoms with Crippen LogP contribution in [0, 0.1) is 0 Å². The van der Waals surface area contributed by atoms with E-state index in [1.54, 1.807) is 30.3 Å². The van der Waals surface area contributed by atoms with E-state index in [4.69, 9.17) is 4.74 Å². The van der Waals surface area contributed by atoms with Crippen molar-refractivity contribution in [3.8, 4) is 0 Å². The minimum Gasteiger partial charge on any atom is -0.452 e. The van der Waals surface area contributed by atoms with Crippen molar-refractivity contribution in [2.45, 2.75) is 6.92 Å². The van der Waals surface area contributed by atoms with Crippen LogP contribution in [0.2, 0.25) is 0 Å². The van der Waals surface area contributed by atoms with Crippen LogP contribution in [0.4, 0.5) is 5.69 Å². The van der Waals surface area contributed by atoms with Crippen LogP contribution in [0.5, 0.6) is 0 Å². The predicted molar refractivity (Wildman–Crippen MR) is 91.5 cm³/mol. The Balaban J connectivity index is 1.86. The van der Waals surface area contributed by atoms with Crippen LogP contribution in [-0.2, 0) is 14.3 Å². The van der Waals surface area contributed by atoms with Crippen molar-refractivity contribution < 1.29 is 19.1 Å². The molecule has 1 amide bonds. The van der Waals surface area contributed by atoms with Gasteiger partial charge in [-0.3, -0.25) is 9.59 Å². The Labute approximate surface area is 140 Å². The molecule has 0 spiro atoms. The Morgan fingerprint density at radius 1 is 1.00 bits per heavy atom. The average molecular weight is 323 g/mol. The molecule has 122 valence electrons. The maximum absolute atomic E-state index is 11.8. The van der Waals surface area contributed by atoms with Gasteiger partial charge in [-0.25, -0.2) is 4.79 Å². The number of Topliss-reactive ketones (excluding diaryl/α,β-unsaturated/α-hetero) is 1. The van der Waals surface area contributed by atoms with Crippen LogP contribution in [-0.4, -0.2) is 24.3 Å². The topological polar surface area (TPSA) is 72.5 Å². The van der Waals surface area contributed by atoms with Gasteiger partial charge in [0.2, 0.25) is 0 Å². The highest BCUT2D eigenvalue weighted by Gasteiger charge is 2.10. The van der Waals surface area contributed by atoms with E-state index in [9.17, 15) is 14.4 Å². The van der Waals surface area contributed by atoms with Crippen molar-refractivity contribution in [1.82, 2.24) is 0 Å². The van der Waals surface area contributed by atoms with E-state index in [1.807, 2.05) is 30.3 Å². The molecule has 0 aliphatic rings. The van der Waals surface area contributed by atoms with E-state index in [1.165, 1.54) is 13.0 Å². The smallest absolute Gasteiger partial charge is 0.331 e. The third kappa shape index (κ3) is 5.21. The molecule has 0 radical (unpaired) electrons. The number of hydrogen-bond acceptors (Lipinski definition) is 4. The first-order chi connectivity index (χ1) is 11.6. The fraction of sp³-hybridized carbons (Fsp3) is 0.105. The summed E-state index contributed by atoms with van der Waals surface area (Å²) in [6.45, 7) is 0.990. The molecular formula is C19H17NO4. The molecule has 0 heterocycles. The van der Waals surface area contributed by atoms with Gasteiger partial charge < -0.3 is 10.1 Å². The molecule has 24 heavy (non-hydrogen) atoms. The van der Waals surface area contributed by atoms with Crippen molar-refractivity contribution in [1.29, 1.82) is 0 Å². The number of carbonyl (C=O) groups is 3. The number of amides is 1. The predicted octanol–water partition coefficient (Wildman–Crippen LogP) is 3.08. The van der Waals surface area contributed by atoms with Gasteiger partial charge in [-0.15, -0.1) is 0 Å². The maximum Gasteiger partial charge on any atom is 0.331 e. The van der Waals surface area contributed by atoms with Gasteiger partial charge in [-0.2, -0.15) is 0 Å².